The van der Waals surface area contributed by atoms with E-state index in [4.69, 9.17) is 4.52 Å². The molecule has 0 spiro atoms. The Labute approximate surface area is 171 Å². The molecule has 0 aliphatic rings. The second-order valence-electron chi connectivity index (χ2n) is 5.95. The van der Waals surface area contributed by atoms with Gasteiger partial charge in [-0.2, -0.15) is 18.2 Å². The van der Waals surface area contributed by atoms with Gasteiger partial charge in [-0.05, 0) is 19.1 Å². The lowest BCUT2D eigenvalue weighted by molar-refractivity contribution is -0.134. The summed E-state index contributed by atoms with van der Waals surface area (Å²) in [5, 5.41) is 8.21. The molecule has 12 heteroatoms. The van der Waals surface area contributed by atoms with Crippen LogP contribution in [-0.2, 0) is 11.0 Å². The number of halogens is 3. The van der Waals surface area contributed by atoms with Crippen molar-refractivity contribution in [2.45, 2.75) is 20.0 Å². The van der Waals surface area contributed by atoms with Gasteiger partial charge >= 0.3 is 6.18 Å². The molecule has 0 aliphatic heterocycles. The van der Waals surface area contributed by atoms with Gasteiger partial charge in [-0.25, -0.2) is 4.98 Å². The average molecular weight is 437 g/mol. The van der Waals surface area contributed by atoms with E-state index in [0.29, 0.717) is 28.6 Å². The van der Waals surface area contributed by atoms with E-state index < -0.39 is 22.9 Å². The smallest absolute Gasteiger partial charge is 0.339 e. The van der Waals surface area contributed by atoms with Gasteiger partial charge in [0.25, 0.3) is 11.8 Å². The topological polar surface area (TPSA) is 110 Å². The fraction of sp³-hybridized carbons (Fsp3) is 0.167. The summed E-state index contributed by atoms with van der Waals surface area (Å²) in [6.07, 6.45) is -2.49. The number of carbonyl (C=O) groups excluding carboxylic acids is 2. The maximum absolute atomic E-state index is 12.8. The first-order valence-electron chi connectivity index (χ1n) is 8.37. The van der Waals surface area contributed by atoms with Crippen molar-refractivity contribution in [1.82, 2.24) is 20.4 Å². The summed E-state index contributed by atoms with van der Waals surface area (Å²) in [7, 11) is 0. The van der Waals surface area contributed by atoms with Crippen LogP contribution in [0.4, 0.5) is 18.3 Å². The monoisotopic (exact) mass is 437 g/mol. The average Bonchev–Trinajstić information content (AvgIpc) is 3.27. The van der Waals surface area contributed by atoms with Gasteiger partial charge < -0.3 is 9.84 Å². The Bertz CT molecular complexity index is 1120. The summed E-state index contributed by atoms with van der Waals surface area (Å²) in [6.45, 7) is 2.84. The summed E-state index contributed by atoms with van der Waals surface area (Å²) >= 11 is 0.324. The van der Waals surface area contributed by atoms with Gasteiger partial charge in [0.05, 0.1) is 5.69 Å². The fourth-order valence-corrected chi connectivity index (χ4v) is 3.19. The Morgan fingerprint density at radius 3 is 2.60 bits per heavy atom. The number of hydrogen-bond donors (Lipinski definition) is 2. The van der Waals surface area contributed by atoms with Crippen LogP contribution < -0.4 is 10.6 Å². The van der Waals surface area contributed by atoms with Crippen molar-refractivity contribution in [1.29, 1.82) is 0 Å². The lowest BCUT2D eigenvalue weighted by Gasteiger charge is -2.02. The maximum atomic E-state index is 12.8. The van der Waals surface area contributed by atoms with E-state index in [1.54, 1.807) is 31.2 Å². The number of carbonyl (C=O) groups is 2. The number of thiazole rings is 1. The predicted octanol–water partition coefficient (Wildman–Crippen LogP) is 3.71. The van der Waals surface area contributed by atoms with E-state index >= 15 is 0 Å². The molecule has 0 fully saturated rings. The summed E-state index contributed by atoms with van der Waals surface area (Å²) in [6, 6.07) is 6.44. The zero-order valence-corrected chi connectivity index (χ0v) is 16.4. The van der Waals surface area contributed by atoms with Gasteiger partial charge in [0.1, 0.15) is 4.88 Å². The number of rotatable bonds is 5. The van der Waals surface area contributed by atoms with Gasteiger partial charge in [0.2, 0.25) is 11.7 Å². The molecule has 0 radical (unpaired) electrons. The number of aromatic nitrogens is 3. The van der Waals surface area contributed by atoms with Crippen LogP contribution in [0, 0.1) is 13.8 Å². The summed E-state index contributed by atoms with van der Waals surface area (Å²) in [4.78, 5) is 31.0. The molecule has 0 bridgehead atoms. The molecular weight excluding hydrogens is 423 g/mol. The molecule has 0 saturated carbocycles. The standard InChI is InChI=1S/C18H14F3N5O3S/c1-9-14(18(19,20)21)30-17(23-9)25-13(27)6-7-22-16(28)12-5-3-4-11(8-12)15-24-10(2)29-26-15/h3-8H,1-2H3,(H,22,28)(H,23,25,27). The highest BCUT2D eigenvalue weighted by molar-refractivity contribution is 7.16. The quantitative estimate of drug-likeness (QED) is 0.589. The first kappa shape index (κ1) is 21.2. The second-order valence-corrected chi connectivity index (χ2v) is 6.94. The SMILES string of the molecule is Cc1nc(-c2cccc(C(=O)NC=CC(=O)Nc3nc(C)c(C(F)(F)F)s3)c2)no1. The van der Waals surface area contributed by atoms with Gasteiger partial charge in [-0.15, -0.1) is 0 Å². The van der Waals surface area contributed by atoms with Gasteiger partial charge in [0.15, 0.2) is 5.13 Å². The molecule has 8 nitrogen and oxygen atoms in total. The third-order valence-electron chi connectivity index (χ3n) is 3.64. The van der Waals surface area contributed by atoms with E-state index in [0.717, 1.165) is 12.3 Å². The normalized spacial score (nSPS) is 11.6. The van der Waals surface area contributed by atoms with Crippen molar-refractivity contribution in [3.8, 4) is 11.4 Å². The van der Waals surface area contributed by atoms with Crippen LogP contribution in [-0.4, -0.2) is 26.9 Å². The second kappa shape index (κ2) is 8.45. The Hall–Kier alpha value is -3.54. The molecule has 2 aromatic heterocycles. The van der Waals surface area contributed by atoms with E-state index in [9.17, 15) is 22.8 Å². The number of nitrogens with one attached hydrogen (secondary N) is 2. The van der Waals surface area contributed by atoms with Crippen LogP contribution in [0.15, 0.2) is 41.1 Å². The first-order valence-corrected chi connectivity index (χ1v) is 9.19. The van der Waals surface area contributed by atoms with Crippen molar-refractivity contribution >= 4 is 28.3 Å². The maximum Gasteiger partial charge on any atom is 0.427 e. The van der Waals surface area contributed by atoms with Crippen molar-refractivity contribution in [2.75, 3.05) is 5.32 Å². The molecule has 30 heavy (non-hydrogen) atoms. The number of aryl methyl sites for hydroxylation is 2. The molecular formula is C18H14F3N5O3S. The zero-order valence-electron chi connectivity index (χ0n) is 15.6. The lowest BCUT2D eigenvalue weighted by Crippen LogP contribution is -2.18. The number of hydrogen-bond acceptors (Lipinski definition) is 7. The number of amides is 2. The number of alkyl halides is 3. The van der Waals surface area contributed by atoms with Crippen LogP contribution in [0.25, 0.3) is 11.4 Å². The predicted molar refractivity (Wildman–Crippen MR) is 102 cm³/mol. The molecule has 1 aromatic carbocycles. The molecule has 156 valence electrons. The minimum atomic E-state index is -4.54. The molecule has 3 rings (SSSR count). The highest BCUT2D eigenvalue weighted by Crippen LogP contribution is 2.37. The van der Waals surface area contributed by atoms with Crippen LogP contribution in [0.5, 0.6) is 0 Å². The van der Waals surface area contributed by atoms with Gasteiger partial charge in [-0.3, -0.25) is 14.9 Å². The number of nitrogens with zero attached hydrogens (tertiary/aromatic N) is 3. The van der Waals surface area contributed by atoms with E-state index in [1.807, 2.05) is 0 Å². The van der Waals surface area contributed by atoms with Crippen LogP contribution in [0.2, 0.25) is 0 Å². The van der Waals surface area contributed by atoms with Crippen LogP contribution in [0.1, 0.15) is 26.8 Å². The van der Waals surface area contributed by atoms with Crippen LogP contribution in [0.3, 0.4) is 0 Å². The fourth-order valence-electron chi connectivity index (χ4n) is 2.35. The summed E-state index contributed by atoms with van der Waals surface area (Å²) < 4.78 is 43.2. The van der Waals surface area contributed by atoms with Gasteiger partial charge in [-0.1, -0.05) is 28.6 Å². The summed E-state index contributed by atoms with van der Waals surface area (Å²) in [5.41, 5.74) is 0.628. The van der Waals surface area contributed by atoms with E-state index in [1.165, 1.54) is 6.92 Å². The van der Waals surface area contributed by atoms with E-state index in [-0.39, 0.29) is 16.4 Å². The molecule has 3 aromatic rings. The summed E-state index contributed by atoms with van der Waals surface area (Å²) in [5.74, 6) is -0.542. The molecule has 2 N–H and O–H groups in total. The number of benzene rings is 1. The Morgan fingerprint density at radius 2 is 1.97 bits per heavy atom. The lowest BCUT2D eigenvalue weighted by atomic mass is 10.1. The molecule has 0 unspecified atom stereocenters. The van der Waals surface area contributed by atoms with Crippen molar-refractivity contribution in [3.05, 3.63) is 58.6 Å². The zero-order chi connectivity index (χ0) is 21.9. The first-order chi connectivity index (χ1) is 14.1. The largest absolute Gasteiger partial charge is 0.427 e. The Kier molecular flexibility index (Phi) is 5.96. The highest BCUT2D eigenvalue weighted by atomic mass is 32.1. The van der Waals surface area contributed by atoms with Crippen molar-refractivity contribution < 1.29 is 27.3 Å². The molecule has 0 saturated heterocycles. The number of anilines is 1. The molecule has 2 amide bonds. The molecule has 0 atom stereocenters. The Balaban J connectivity index is 1.60. The highest BCUT2D eigenvalue weighted by Gasteiger charge is 2.35. The third-order valence-corrected chi connectivity index (χ3v) is 4.76. The molecule has 0 aliphatic carbocycles. The van der Waals surface area contributed by atoms with E-state index in [2.05, 4.69) is 25.8 Å². The molecule has 2 heterocycles. The van der Waals surface area contributed by atoms with Crippen molar-refractivity contribution in [3.63, 3.8) is 0 Å². The minimum Gasteiger partial charge on any atom is -0.339 e. The van der Waals surface area contributed by atoms with Crippen LogP contribution >= 0.6 is 11.3 Å². The minimum absolute atomic E-state index is 0.191. The van der Waals surface area contributed by atoms with Crippen molar-refractivity contribution in [2.24, 2.45) is 0 Å². The Morgan fingerprint density at radius 1 is 1.20 bits per heavy atom. The van der Waals surface area contributed by atoms with Gasteiger partial charge in [0, 0.05) is 30.3 Å². The third kappa shape index (κ3) is 5.08.